The molecule has 90 valence electrons. The van der Waals surface area contributed by atoms with Crippen molar-refractivity contribution in [1.82, 2.24) is 10.6 Å². The SMILES string of the molecule is COc1cc(C)c2c(c1)[C@@H]1CNC[C@H]1NC2=O. The van der Waals surface area contributed by atoms with Gasteiger partial charge >= 0.3 is 0 Å². The molecule has 1 fully saturated rings. The summed E-state index contributed by atoms with van der Waals surface area (Å²) in [5.41, 5.74) is 2.94. The number of rotatable bonds is 1. The van der Waals surface area contributed by atoms with Gasteiger partial charge in [0.15, 0.2) is 0 Å². The maximum Gasteiger partial charge on any atom is 0.252 e. The molecule has 0 aromatic heterocycles. The Labute approximate surface area is 100 Å². The summed E-state index contributed by atoms with van der Waals surface area (Å²) in [6.07, 6.45) is 0. The first-order valence-corrected chi connectivity index (χ1v) is 5.91. The lowest BCUT2D eigenvalue weighted by Crippen LogP contribution is -2.44. The summed E-state index contributed by atoms with van der Waals surface area (Å²) in [5.74, 6) is 1.25. The third-order valence-electron chi connectivity index (χ3n) is 3.73. The van der Waals surface area contributed by atoms with E-state index < -0.39 is 0 Å². The lowest BCUT2D eigenvalue weighted by molar-refractivity contribution is 0.0923. The zero-order chi connectivity index (χ0) is 12.0. The second-order valence-corrected chi connectivity index (χ2v) is 4.75. The molecule has 1 aromatic rings. The predicted octanol–water partition coefficient (Wildman–Crippen LogP) is 0.802. The molecule has 3 rings (SSSR count). The summed E-state index contributed by atoms with van der Waals surface area (Å²) in [5, 5.41) is 6.40. The van der Waals surface area contributed by atoms with E-state index in [4.69, 9.17) is 4.74 Å². The van der Waals surface area contributed by atoms with Gasteiger partial charge in [-0.2, -0.15) is 0 Å². The third-order valence-corrected chi connectivity index (χ3v) is 3.73. The van der Waals surface area contributed by atoms with Gasteiger partial charge in [0.1, 0.15) is 5.75 Å². The summed E-state index contributed by atoms with van der Waals surface area (Å²) in [7, 11) is 1.66. The van der Waals surface area contributed by atoms with Gasteiger partial charge in [-0.3, -0.25) is 4.79 Å². The van der Waals surface area contributed by atoms with Crippen LogP contribution < -0.4 is 15.4 Å². The van der Waals surface area contributed by atoms with Crippen LogP contribution in [0, 0.1) is 6.92 Å². The molecule has 0 saturated carbocycles. The van der Waals surface area contributed by atoms with Gasteiger partial charge in [0.05, 0.1) is 7.11 Å². The monoisotopic (exact) mass is 232 g/mol. The van der Waals surface area contributed by atoms with Crippen molar-refractivity contribution in [1.29, 1.82) is 0 Å². The summed E-state index contributed by atoms with van der Waals surface area (Å²) in [6, 6.07) is 4.15. The maximum atomic E-state index is 12.1. The van der Waals surface area contributed by atoms with E-state index in [9.17, 15) is 4.79 Å². The van der Waals surface area contributed by atoms with E-state index in [1.807, 2.05) is 19.1 Å². The minimum absolute atomic E-state index is 0.0464. The quantitative estimate of drug-likeness (QED) is 0.753. The number of hydrogen-bond donors (Lipinski definition) is 2. The first kappa shape index (κ1) is 10.6. The molecule has 2 heterocycles. The van der Waals surface area contributed by atoms with E-state index in [1.165, 1.54) is 0 Å². The van der Waals surface area contributed by atoms with Crippen molar-refractivity contribution in [2.75, 3.05) is 20.2 Å². The highest BCUT2D eigenvalue weighted by Gasteiger charge is 2.37. The molecule has 2 aliphatic heterocycles. The van der Waals surface area contributed by atoms with Crippen LogP contribution in [0.1, 0.15) is 27.4 Å². The van der Waals surface area contributed by atoms with Crippen molar-refractivity contribution in [2.24, 2.45) is 0 Å². The number of carbonyl (C=O) groups is 1. The predicted molar refractivity (Wildman–Crippen MR) is 64.6 cm³/mol. The molecule has 4 heteroatoms. The number of ether oxygens (including phenoxy) is 1. The Kier molecular flexibility index (Phi) is 2.33. The van der Waals surface area contributed by atoms with Crippen molar-refractivity contribution in [3.8, 4) is 5.75 Å². The number of fused-ring (bicyclic) bond motifs is 3. The fourth-order valence-corrected chi connectivity index (χ4v) is 2.90. The highest BCUT2D eigenvalue weighted by atomic mass is 16.5. The van der Waals surface area contributed by atoms with Crippen molar-refractivity contribution < 1.29 is 9.53 Å². The number of hydrogen-bond acceptors (Lipinski definition) is 3. The van der Waals surface area contributed by atoms with Crippen LogP contribution in [0.2, 0.25) is 0 Å². The first-order chi connectivity index (χ1) is 8.20. The van der Waals surface area contributed by atoms with Gasteiger partial charge in [0.2, 0.25) is 0 Å². The van der Waals surface area contributed by atoms with Crippen LogP contribution in [0.25, 0.3) is 0 Å². The molecule has 2 aliphatic rings. The minimum Gasteiger partial charge on any atom is -0.497 e. The van der Waals surface area contributed by atoms with E-state index >= 15 is 0 Å². The molecular formula is C13H16N2O2. The number of nitrogens with one attached hydrogen (secondary N) is 2. The molecule has 1 amide bonds. The van der Waals surface area contributed by atoms with E-state index in [2.05, 4.69) is 10.6 Å². The number of benzene rings is 1. The van der Waals surface area contributed by atoms with E-state index in [0.29, 0.717) is 5.92 Å². The fraction of sp³-hybridized carbons (Fsp3) is 0.462. The fourth-order valence-electron chi connectivity index (χ4n) is 2.90. The number of methoxy groups -OCH3 is 1. The minimum atomic E-state index is 0.0464. The Balaban J connectivity index is 2.17. The second kappa shape index (κ2) is 3.74. The molecule has 0 radical (unpaired) electrons. The zero-order valence-corrected chi connectivity index (χ0v) is 10.0. The second-order valence-electron chi connectivity index (χ2n) is 4.75. The standard InChI is InChI=1S/C13H16N2O2/c1-7-3-8(17-2)4-9-10-5-14-6-11(10)15-13(16)12(7)9/h3-4,10-11,14H,5-6H2,1-2H3,(H,15,16)/t10-,11+/m0/s1. The molecule has 0 unspecified atom stereocenters. The van der Waals surface area contributed by atoms with Crippen LogP contribution in [-0.2, 0) is 0 Å². The average molecular weight is 232 g/mol. The van der Waals surface area contributed by atoms with E-state index in [0.717, 1.165) is 35.5 Å². The Bertz CT molecular complexity index is 485. The molecule has 17 heavy (non-hydrogen) atoms. The smallest absolute Gasteiger partial charge is 0.252 e. The Hall–Kier alpha value is -1.55. The van der Waals surface area contributed by atoms with Crippen molar-refractivity contribution >= 4 is 5.91 Å². The maximum absolute atomic E-state index is 12.1. The summed E-state index contributed by atoms with van der Waals surface area (Å²) >= 11 is 0. The molecule has 2 N–H and O–H groups in total. The number of aryl methyl sites for hydroxylation is 1. The molecule has 4 nitrogen and oxygen atoms in total. The lowest BCUT2D eigenvalue weighted by atomic mass is 9.84. The first-order valence-electron chi connectivity index (χ1n) is 5.91. The molecule has 1 aromatic carbocycles. The van der Waals surface area contributed by atoms with Gasteiger partial charge < -0.3 is 15.4 Å². The third kappa shape index (κ3) is 1.52. The molecular weight excluding hydrogens is 216 g/mol. The molecule has 0 aliphatic carbocycles. The van der Waals surface area contributed by atoms with Gasteiger partial charge in [-0.25, -0.2) is 0 Å². The summed E-state index contributed by atoms with van der Waals surface area (Å²) < 4.78 is 5.29. The number of amides is 1. The highest BCUT2D eigenvalue weighted by Crippen LogP contribution is 2.34. The van der Waals surface area contributed by atoms with Gasteiger partial charge in [-0.05, 0) is 30.2 Å². The Morgan fingerprint density at radius 2 is 2.18 bits per heavy atom. The number of carbonyl (C=O) groups excluding carboxylic acids is 1. The molecule has 1 saturated heterocycles. The summed E-state index contributed by atoms with van der Waals surface area (Å²) in [6.45, 7) is 3.74. The van der Waals surface area contributed by atoms with E-state index in [1.54, 1.807) is 7.11 Å². The zero-order valence-electron chi connectivity index (χ0n) is 10.0. The van der Waals surface area contributed by atoms with Gasteiger partial charge in [0, 0.05) is 30.6 Å². The average Bonchev–Trinajstić information content (AvgIpc) is 2.76. The van der Waals surface area contributed by atoms with Crippen LogP contribution in [0.4, 0.5) is 0 Å². The molecule has 0 bridgehead atoms. The molecule has 2 atom stereocenters. The van der Waals surface area contributed by atoms with Crippen molar-refractivity contribution in [3.05, 3.63) is 28.8 Å². The van der Waals surface area contributed by atoms with E-state index in [-0.39, 0.29) is 11.9 Å². The Morgan fingerprint density at radius 1 is 1.35 bits per heavy atom. The van der Waals surface area contributed by atoms with Crippen LogP contribution in [0.15, 0.2) is 12.1 Å². The topological polar surface area (TPSA) is 50.4 Å². The van der Waals surface area contributed by atoms with Crippen LogP contribution in [0.3, 0.4) is 0 Å². The Morgan fingerprint density at radius 3 is 2.94 bits per heavy atom. The highest BCUT2D eigenvalue weighted by molar-refractivity contribution is 5.99. The molecule has 0 spiro atoms. The van der Waals surface area contributed by atoms with Crippen molar-refractivity contribution in [2.45, 2.75) is 18.9 Å². The normalized spacial score (nSPS) is 26.1. The largest absolute Gasteiger partial charge is 0.497 e. The van der Waals surface area contributed by atoms with Gasteiger partial charge in [-0.15, -0.1) is 0 Å². The van der Waals surface area contributed by atoms with Gasteiger partial charge in [-0.1, -0.05) is 0 Å². The summed E-state index contributed by atoms with van der Waals surface area (Å²) in [4.78, 5) is 12.1. The van der Waals surface area contributed by atoms with Crippen molar-refractivity contribution in [3.63, 3.8) is 0 Å². The van der Waals surface area contributed by atoms with Crippen LogP contribution >= 0.6 is 0 Å². The van der Waals surface area contributed by atoms with Crippen LogP contribution in [0.5, 0.6) is 5.75 Å². The lowest BCUT2D eigenvalue weighted by Gasteiger charge is -2.29. The van der Waals surface area contributed by atoms with Crippen LogP contribution in [-0.4, -0.2) is 32.1 Å². The van der Waals surface area contributed by atoms with Gasteiger partial charge in [0.25, 0.3) is 5.91 Å².